The van der Waals surface area contributed by atoms with Crippen molar-refractivity contribution in [2.75, 3.05) is 0 Å². The Kier molecular flexibility index (Phi) is 2.70. The maximum absolute atomic E-state index is 12.8. The second-order valence-electron chi connectivity index (χ2n) is 5.78. The average molecular weight is 279 g/mol. The smallest absolute Gasteiger partial charge is 0.278 e. The van der Waals surface area contributed by atoms with E-state index in [0.29, 0.717) is 5.56 Å². The molecule has 3 aromatic rings. The molecule has 0 atom stereocenters. The lowest BCUT2D eigenvalue weighted by Gasteiger charge is -2.06. The van der Waals surface area contributed by atoms with E-state index in [-0.39, 0.29) is 5.91 Å². The van der Waals surface area contributed by atoms with Crippen molar-refractivity contribution in [3.63, 3.8) is 0 Å². The van der Waals surface area contributed by atoms with E-state index in [1.54, 1.807) is 0 Å². The Hall–Kier alpha value is -2.36. The summed E-state index contributed by atoms with van der Waals surface area (Å²) in [6.07, 6.45) is 6.30. The van der Waals surface area contributed by atoms with E-state index in [1.807, 2.05) is 37.4 Å². The highest BCUT2D eigenvalue weighted by Gasteiger charge is 2.19. The number of H-pyrrole nitrogens is 1. The van der Waals surface area contributed by atoms with Gasteiger partial charge < -0.3 is 4.98 Å². The molecule has 2 aromatic heterocycles. The van der Waals surface area contributed by atoms with E-state index in [9.17, 15) is 4.79 Å². The normalized spacial score (nSPS) is 14.3. The van der Waals surface area contributed by atoms with E-state index < -0.39 is 0 Å². The van der Waals surface area contributed by atoms with Crippen LogP contribution < -0.4 is 0 Å². The zero-order valence-corrected chi connectivity index (χ0v) is 12.0. The van der Waals surface area contributed by atoms with Gasteiger partial charge in [0.2, 0.25) is 0 Å². The Morgan fingerprint density at radius 1 is 1.29 bits per heavy atom. The van der Waals surface area contributed by atoms with Crippen molar-refractivity contribution >= 4 is 16.8 Å². The van der Waals surface area contributed by atoms with Crippen LogP contribution >= 0.6 is 0 Å². The SMILES string of the molecule is Cc1cc2c(C(=O)n3cc4c(n3)CCCC4)cccc2[nH]1. The molecule has 0 spiro atoms. The summed E-state index contributed by atoms with van der Waals surface area (Å²) in [7, 11) is 0. The Labute approximate surface area is 122 Å². The number of nitrogens with one attached hydrogen (secondary N) is 1. The van der Waals surface area contributed by atoms with Crippen LogP contribution in [-0.4, -0.2) is 20.7 Å². The molecular formula is C17H17N3O. The van der Waals surface area contributed by atoms with E-state index in [2.05, 4.69) is 10.1 Å². The number of hydrogen-bond donors (Lipinski definition) is 1. The van der Waals surface area contributed by atoms with Crippen LogP contribution in [0.3, 0.4) is 0 Å². The highest BCUT2D eigenvalue weighted by molar-refractivity contribution is 6.07. The fourth-order valence-electron chi connectivity index (χ4n) is 3.18. The van der Waals surface area contributed by atoms with Crippen molar-refractivity contribution in [3.05, 3.63) is 53.0 Å². The van der Waals surface area contributed by atoms with Gasteiger partial charge in [-0.05, 0) is 56.4 Å². The minimum absolute atomic E-state index is 0.0472. The summed E-state index contributed by atoms with van der Waals surface area (Å²) < 4.78 is 1.52. The van der Waals surface area contributed by atoms with E-state index in [1.165, 1.54) is 23.1 Å². The van der Waals surface area contributed by atoms with Gasteiger partial charge in [0.1, 0.15) is 0 Å². The van der Waals surface area contributed by atoms with Gasteiger partial charge in [0, 0.05) is 22.8 Å². The molecule has 1 aromatic carbocycles. The monoisotopic (exact) mass is 279 g/mol. The standard InChI is InChI=1S/C17H17N3O/c1-11-9-14-13(6-4-8-16(14)18-11)17(21)20-10-12-5-2-3-7-15(12)19-20/h4,6,8-10,18H,2-3,5,7H2,1H3. The lowest BCUT2D eigenvalue weighted by Crippen LogP contribution is -2.13. The van der Waals surface area contributed by atoms with E-state index in [4.69, 9.17) is 0 Å². The van der Waals surface area contributed by atoms with Gasteiger partial charge in [-0.15, -0.1) is 0 Å². The summed E-state index contributed by atoms with van der Waals surface area (Å²) in [4.78, 5) is 16.0. The molecule has 1 N–H and O–H groups in total. The first kappa shape index (κ1) is 12.4. The molecule has 106 valence electrons. The Morgan fingerprint density at radius 3 is 3.00 bits per heavy atom. The van der Waals surface area contributed by atoms with Crippen molar-refractivity contribution in [1.82, 2.24) is 14.8 Å². The molecule has 0 saturated heterocycles. The number of carbonyl (C=O) groups excluding carboxylic acids is 1. The summed E-state index contributed by atoms with van der Waals surface area (Å²) in [6, 6.07) is 7.80. The Bertz CT molecular complexity index is 817. The third-order valence-electron chi connectivity index (χ3n) is 4.22. The van der Waals surface area contributed by atoms with Crippen molar-refractivity contribution < 1.29 is 4.79 Å². The largest absolute Gasteiger partial charge is 0.359 e. The molecule has 4 rings (SSSR count). The maximum atomic E-state index is 12.8. The van der Waals surface area contributed by atoms with Gasteiger partial charge in [-0.1, -0.05) is 6.07 Å². The molecule has 0 aliphatic heterocycles. The molecule has 1 aliphatic rings. The van der Waals surface area contributed by atoms with Crippen LogP contribution in [0.15, 0.2) is 30.5 Å². The van der Waals surface area contributed by atoms with Crippen LogP contribution in [0.2, 0.25) is 0 Å². The summed E-state index contributed by atoms with van der Waals surface area (Å²) in [5.41, 5.74) is 5.08. The number of aromatic amines is 1. The van der Waals surface area contributed by atoms with Crippen LogP contribution in [0, 0.1) is 6.92 Å². The Balaban J connectivity index is 1.81. The molecule has 4 heteroatoms. The molecule has 0 amide bonds. The number of aromatic nitrogens is 3. The second kappa shape index (κ2) is 4.58. The molecule has 21 heavy (non-hydrogen) atoms. The first-order valence-corrected chi connectivity index (χ1v) is 7.43. The van der Waals surface area contributed by atoms with Gasteiger partial charge in [-0.2, -0.15) is 5.10 Å². The number of benzene rings is 1. The van der Waals surface area contributed by atoms with Crippen molar-refractivity contribution in [1.29, 1.82) is 0 Å². The number of rotatable bonds is 1. The lowest BCUT2D eigenvalue weighted by molar-refractivity contribution is 0.0946. The number of fused-ring (bicyclic) bond motifs is 2. The molecule has 0 fully saturated rings. The molecule has 0 unspecified atom stereocenters. The quantitative estimate of drug-likeness (QED) is 0.743. The van der Waals surface area contributed by atoms with E-state index >= 15 is 0 Å². The highest BCUT2D eigenvalue weighted by atomic mass is 16.2. The zero-order chi connectivity index (χ0) is 14.4. The third kappa shape index (κ3) is 1.98. The third-order valence-corrected chi connectivity index (χ3v) is 4.22. The first-order valence-electron chi connectivity index (χ1n) is 7.43. The Morgan fingerprint density at radius 2 is 2.14 bits per heavy atom. The van der Waals surface area contributed by atoms with Gasteiger partial charge in [0.05, 0.1) is 11.3 Å². The molecule has 0 radical (unpaired) electrons. The predicted molar refractivity (Wildman–Crippen MR) is 81.6 cm³/mol. The van der Waals surface area contributed by atoms with Gasteiger partial charge in [0.15, 0.2) is 0 Å². The molecule has 2 heterocycles. The first-order chi connectivity index (χ1) is 10.2. The predicted octanol–water partition coefficient (Wildman–Crippen LogP) is 3.24. The summed E-state index contributed by atoms with van der Waals surface area (Å²) in [5.74, 6) is -0.0472. The van der Waals surface area contributed by atoms with Gasteiger partial charge in [-0.25, -0.2) is 4.68 Å². The fraction of sp³-hybridized carbons (Fsp3) is 0.294. The maximum Gasteiger partial charge on any atom is 0.278 e. The molecule has 0 saturated carbocycles. The second-order valence-corrected chi connectivity index (χ2v) is 5.78. The highest BCUT2D eigenvalue weighted by Crippen LogP contribution is 2.23. The van der Waals surface area contributed by atoms with Gasteiger partial charge in [-0.3, -0.25) is 4.79 Å². The number of aryl methyl sites for hydroxylation is 3. The van der Waals surface area contributed by atoms with Crippen LogP contribution in [0.25, 0.3) is 10.9 Å². The van der Waals surface area contributed by atoms with Crippen molar-refractivity contribution in [2.45, 2.75) is 32.6 Å². The summed E-state index contributed by atoms with van der Waals surface area (Å²) in [6.45, 7) is 2.00. The summed E-state index contributed by atoms with van der Waals surface area (Å²) in [5, 5.41) is 5.46. The average Bonchev–Trinajstić information content (AvgIpc) is 3.07. The molecule has 4 nitrogen and oxygen atoms in total. The molecule has 1 aliphatic carbocycles. The minimum atomic E-state index is -0.0472. The molecule has 0 bridgehead atoms. The van der Waals surface area contributed by atoms with Crippen LogP contribution in [0.5, 0.6) is 0 Å². The zero-order valence-electron chi connectivity index (χ0n) is 12.0. The number of carbonyl (C=O) groups is 1. The van der Waals surface area contributed by atoms with Gasteiger partial charge in [0.25, 0.3) is 5.91 Å². The number of hydrogen-bond acceptors (Lipinski definition) is 2. The van der Waals surface area contributed by atoms with E-state index in [0.717, 1.165) is 35.1 Å². The topological polar surface area (TPSA) is 50.7 Å². The fourth-order valence-corrected chi connectivity index (χ4v) is 3.18. The molecular weight excluding hydrogens is 262 g/mol. The summed E-state index contributed by atoms with van der Waals surface area (Å²) >= 11 is 0. The van der Waals surface area contributed by atoms with Crippen molar-refractivity contribution in [2.24, 2.45) is 0 Å². The van der Waals surface area contributed by atoms with Crippen LogP contribution in [0.4, 0.5) is 0 Å². The van der Waals surface area contributed by atoms with Gasteiger partial charge >= 0.3 is 0 Å². The minimum Gasteiger partial charge on any atom is -0.359 e. The van der Waals surface area contributed by atoms with Crippen LogP contribution in [0.1, 0.15) is 40.2 Å². The van der Waals surface area contributed by atoms with Crippen LogP contribution in [-0.2, 0) is 12.8 Å². The number of nitrogens with zero attached hydrogens (tertiary/aromatic N) is 2. The van der Waals surface area contributed by atoms with Crippen molar-refractivity contribution in [3.8, 4) is 0 Å². The lowest BCUT2D eigenvalue weighted by atomic mass is 9.99.